The third-order valence-corrected chi connectivity index (χ3v) is 5.00. The highest BCUT2D eigenvalue weighted by molar-refractivity contribution is 6.10. The van der Waals surface area contributed by atoms with Crippen molar-refractivity contribution in [3.8, 4) is 0 Å². The molecule has 2 N–H and O–H groups in total. The third-order valence-electron chi connectivity index (χ3n) is 5.00. The Morgan fingerprint density at radius 3 is 2.52 bits per heavy atom. The van der Waals surface area contributed by atoms with E-state index in [1.54, 1.807) is 6.92 Å². The van der Waals surface area contributed by atoms with E-state index in [0.29, 0.717) is 0 Å². The lowest BCUT2D eigenvalue weighted by Crippen LogP contribution is -3.18. The Bertz CT molecular complexity index is 742. The number of rotatable bonds is 3. The maximum atomic E-state index is 13.0. The number of aromatic nitrogens is 1. The van der Waals surface area contributed by atoms with Crippen LogP contribution in [0.4, 0.5) is 0 Å². The number of benzene rings is 1. The number of amides is 1. The van der Waals surface area contributed by atoms with Gasteiger partial charge in [0.05, 0.1) is 31.7 Å². The third kappa shape index (κ3) is 2.88. The van der Waals surface area contributed by atoms with E-state index in [4.69, 9.17) is 0 Å². The molecule has 1 amide bonds. The van der Waals surface area contributed by atoms with Gasteiger partial charge < -0.3 is 14.8 Å². The molecule has 0 bridgehead atoms. The molecule has 0 saturated carbocycles. The fourth-order valence-corrected chi connectivity index (χ4v) is 3.54. The molecule has 1 saturated heterocycles. The van der Waals surface area contributed by atoms with Gasteiger partial charge in [-0.05, 0) is 19.9 Å². The smallest absolute Gasteiger partial charge is 0.222 e. The molecule has 0 spiro atoms. The van der Waals surface area contributed by atoms with Crippen LogP contribution in [-0.2, 0) is 4.79 Å². The molecular formula is C18H24N3O2+. The van der Waals surface area contributed by atoms with Crippen LogP contribution in [0, 0.1) is 6.92 Å². The molecule has 3 rings (SSSR count). The van der Waals surface area contributed by atoms with Gasteiger partial charge in [-0.2, -0.15) is 0 Å². The van der Waals surface area contributed by atoms with Gasteiger partial charge in [-0.1, -0.05) is 18.2 Å². The Hall–Kier alpha value is -2.14. The molecule has 122 valence electrons. The monoisotopic (exact) mass is 314 g/mol. The number of hydrogen-bond donors (Lipinski definition) is 2. The summed E-state index contributed by atoms with van der Waals surface area (Å²) in [6.45, 7) is 8.69. The molecule has 23 heavy (non-hydrogen) atoms. The number of piperazine rings is 1. The normalized spacial score (nSPS) is 17.4. The fraction of sp³-hybridized carbons (Fsp3) is 0.444. The molecule has 1 aliphatic heterocycles. The molecule has 2 heterocycles. The lowest BCUT2D eigenvalue weighted by Gasteiger charge is -2.34. The van der Waals surface area contributed by atoms with Gasteiger partial charge in [-0.25, -0.2) is 0 Å². The zero-order valence-electron chi connectivity index (χ0n) is 14.0. The minimum absolute atomic E-state index is 0.0954. The second-order valence-corrected chi connectivity index (χ2v) is 6.42. The van der Waals surface area contributed by atoms with Crippen molar-refractivity contribution in [3.05, 3.63) is 35.5 Å². The molecule has 0 unspecified atom stereocenters. The molecule has 5 nitrogen and oxygen atoms in total. The maximum Gasteiger partial charge on any atom is 0.222 e. The highest BCUT2D eigenvalue weighted by Crippen LogP contribution is 2.22. The van der Waals surface area contributed by atoms with E-state index >= 15 is 0 Å². The summed E-state index contributed by atoms with van der Waals surface area (Å²) in [7, 11) is 0. The first-order valence-electron chi connectivity index (χ1n) is 8.20. The van der Waals surface area contributed by atoms with Gasteiger partial charge in [0.2, 0.25) is 11.7 Å². The number of Topliss-reactive ketones (excluding diaryl/α,β-unsaturated/α-hetero) is 1. The molecule has 0 aliphatic carbocycles. The molecule has 2 aromatic rings. The predicted molar refractivity (Wildman–Crippen MR) is 89.8 cm³/mol. The Kier molecular flexibility index (Phi) is 4.22. The summed E-state index contributed by atoms with van der Waals surface area (Å²) in [5.74, 6) is 0.307. The van der Waals surface area contributed by atoms with Crippen molar-refractivity contribution in [1.29, 1.82) is 0 Å². The zero-order valence-corrected chi connectivity index (χ0v) is 14.0. The number of aromatic amines is 1. The van der Waals surface area contributed by atoms with E-state index in [-0.39, 0.29) is 17.7 Å². The fourth-order valence-electron chi connectivity index (χ4n) is 3.54. The van der Waals surface area contributed by atoms with Crippen molar-refractivity contribution < 1.29 is 14.5 Å². The van der Waals surface area contributed by atoms with Crippen LogP contribution >= 0.6 is 0 Å². The largest absolute Gasteiger partial charge is 0.358 e. The van der Waals surface area contributed by atoms with E-state index in [2.05, 4.69) is 4.98 Å². The average molecular weight is 314 g/mol. The number of nitrogens with one attached hydrogen (secondary N) is 2. The minimum atomic E-state index is -0.0954. The molecule has 1 atom stereocenters. The summed E-state index contributed by atoms with van der Waals surface area (Å²) in [5, 5.41) is 1.00. The lowest BCUT2D eigenvalue weighted by atomic mass is 10.0. The van der Waals surface area contributed by atoms with Crippen LogP contribution in [-0.4, -0.2) is 53.8 Å². The van der Waals surface area contributed by atoms with E-state index in [0.717, 1.165) is 48.3 Å². The first kappa shape index (κ1) is 15.7. The minimum Gasteiger partial charge on any atom is -0.358 e. The molecular weight excluding hydrogens is 290 g/mol. The van der Waals surface area contributed by atoms with Crippen molar-refractivity contribution in [2.45, 2.75) is 26.8 Å². The topological polar surface area (TPSA) is 57.6 Å². The second-order valence-electron chi connectivity index (χ2n) is 6.42. The Morgan fingerprint density at radius 2 is 1.87 bits per heavy atom. The van der Waals surface area contributed by atoms with Crippen LogP contribution in [0.5, 0.6) is 0 Å². The summed E-state index contributed by atoms with van der Waals surface area (Å²) in [6.07, 6.45) is 0. The second kappa shape index (κ2) is 6.16. The number of hydrogen-bond acceptors (Lipinski definition) is 2. The number of fused-ring (bicyclic) bond motifs is 1. The van der Waals surface area contributed by atoms with Crippen LogP contribution in [0.25, 0.3) is 10.9 Å². The number of aryl methyl sites for hydroxylation is 1. The Morgan fingerprint density at radius 1 is 1.22 bits per heavy atom. The molecule has 1 aromatic heterocycles. The van der Waals surface area contributed by atoms with Gasteiger partial charge in [0.25, 0.3) is 0 Å². The Balaban J connectivity index is 1.80. The van der Waals surface area contributed by atoms with Crippen molar-refractivity contribution in [1.82, 2.24) is 9.88 Å². The van der Waals surface area contributed by atoms with Crippen LogP contribution in [0.15, 0.2) is 24.3 Å². The van der Waals surface area contributed by atoms with E-state index in [9.17, 15) is 9.59 Å². The molecule has 1 fully saturated rings. The number of carbonyl (C=O) groups is 2. The summed E-state index contributed by atoms with van der Waals surface area (Å²) >= 11 is 0. The van der Waals surface area contributed by atoms with Crippen molar-refractivity contribution in [2.75, 3.05) is 26.2 Å². The summed E-state index contributed by atoms with van der Waals surface area (Å²) in [6, 6.07) is 7.85. The van der Waals surface area contributed by atoms with Crippen molar-refractivity contribution in [2.24, 2.45) is 0 Å². The quantitative estimate of drug-likeness (QED) is 0.823. The summed E-state index contributed by atoms with van der Waals surface area (Å²) in [5.41, 5.74) is 2.76. The maximum absolute atomic E-state index is 13.0. The summed E-state index contributed by atoms with van der Waals surface area (Å²) in [4.78, 5) is 30.9. The number of nitrogens with zero attached hydrogens (tertiary/aromatic N) is 1. The van der Waals surface area contributed by atoms with Gasteiger partial charge in [0, 0.05) is 23.5 Å². The highest BCUT2D eigenvalue weighted by Gasteiger charge is 2.32. The highest BCUT2D eigenvalue weighted by atomic mass is 16.2. The number of carbonyl (C=O) groups excluding carboxylic acids is 2. The van der Waals surface area contributed by atoms with Crippen LogP contribution in [0.2, 0.25) is 0 Å². The molecule has 5 heteroatoms. The average Bonchev–Trinajstić information content (AvgIpc) is 2.89. The zero-order chi connectivity index (χ0) is 16.6. The van der Waals surface area contributed by atoms with Gasteiger partial charge in [0.1, 0.15) is 6.04 Å². The van der Waals surface area contributed by atoms with Gasteiger partial charge >= 0.3 is 0 Å². The predicted octanol–water partition coefficient (Wildman–Crippen LogP) is 0.795. The van der Waals surface area contributed by atoms with E-state index in [1.807, 2.05) is 43.0 Å². The number of ketones is 1. The lowest BCUT2D eigenvalue weighted by molar-refractivity contribution is -0.917. The van der Waals surface area contributed by atoms with Crippen molar-refractivity contribution in [3.63, 3.8) is 0 Å². The van der Waals surface area contributed by atoms with Crippen LogP contribution in [0.3, 0.4) is 0 Å². The van der Waals surface area contributed by atoms with Gasteiger partial charge in [0.15, 0.2) is 0 Å². The van der Waals surface area contributed by atoms with Gasteiger partial charge in [-0.15, -0.1) is 0 Å². The van der Waals surface area contributed by atoms with Crippen LogP contribution in [0.1, 0.15) is 29.9 Å². The standard InChI is InChI=1S/C18H23N3O2/c1-12-17(15-6-4-5-7-16(15)19-12)18(23)13(2)20-8-10-21(11-9-20)14(3)22/h4-7,13,19H,8-11H2,1-3H3/p+1/t13-/m0/s1. The van der Waals surface area contributed by atoms with E-state index < -0.39 is 0 Å². The molecule has 0 radical (unpaired) electrons. The SMILES string of the molecule is CC(=O)N1CC[NH+]([C@@H](C)C(=O)c2c(C)[nH]c3ccccc23)CC1. The summed E-state index contributed by atoms with van der Waals surface area (Å²) < 4.78 is 0. The van der Waals surface area contributed by atoms with Crippen molar-refractivity contribution >= 4 is 22.6 Å². The number of quaternary nitrogens is 1. The van der Waals surface area contributed by atoms with E-state index in [1.165, 1.54) is 4.90 Å². The number of para-hydroxylation sites is 1. The number of H-pyrrole nitrogens is 1. The molecule has 1 aromatic carbocycles. The van der Waals surface area contributed by atoms with Crippen LogP contribution < -0.4 is 4.90 Å². The van der Waals surface area contributed by atoms with Gasteiger partial charge in [-0.3, -0.25) is 9.59 Å². The Labute approximate surface area is 136 Å². The molecule has 1 aliphatic rings. The first-order chi connectivity index (χ1) is 11.0. The first-order valence-corrected chi connectivity index (χ1v) is 8.20.